The smallest absolute Gasteiger partial charge is 0.372 e. The van der Waals surface area contributed by atoms with E-state index in [2.05, 4.69) is 15.3 Å². The van der Waals surface area contributed by atoms with Gasteiger partial charge in [-0.2, -0.15) is 4.98 Å². The molecule has 0 radical (unpaired) electrons. The molecule has 0 aromatic carbocycles. The van der Waals surface area contributed by atoms with Crippen molar-refractivity contribution in [3.63, 3.8) is 0 Å². The van der Waals surface area contributed by atoms with Gasteiger partial charge in [0.15, 0.2) is 0 Å². The lowest BCUT2D eigenvalue weighted by molar-refractivity contribution is -0.385. The van der Waals surface area contributed by atoms with Crippen molar-refractivity contribution < 1.29 is 14.4 Å². The molecule has 0 spiro atoms. The fraction of sp³-hybridized carbons (Fsp3) is 0.692. The molecule has 1 heterocycles. The fourth-order valence-electron chi connectivity index (χ4n) is 1.60. The first-order chi connectivity index (χ1) is 9.95. The third-order valence-electron chi connectivity index (χ3n) is 2.52. The third kappa shape index (κ3) is 5.50. The molecule has 0 atom stereocenters. The summed E-state index contributed by atoms with van der Waals surface area (Å²) in [5.41, 5.74) is -0.223. The quantitative estimate of drug-likeness (QED) is 0.423. The summed E-state index contributed by atoms with van der Waals surface area (Å²) < 4.78 is 10.4. The van der Waals surface area contributed by atoms with Crippen LogP contribution < -0.4 is 10.1 Å². The van der Waals surface area contributed by atoms with Crippen LogP contribution in [0.1, 0.15) is 26.1 Å². The second-order valence-corrected chi connectivity index (χ2v) is 5.01. The molecule has 8 heteroatoms. The van der Waals surface area contributed by atoms with Crippen molar-refractivity contribution in [3.05, 3.63) is 15.9 Å². The molecule has 0 aliphatic rings. The van der Waals surface area contributed by atoms with Gasteiger partial charge in [0.1, 0.15) is 5.82 Å². The number of aromatic nitrogens is 2. The van der Waals surface area contributed by atoms with E-state index in [4.69, 9.17) is 9.47 Å². The van der Waals surface area contributed by atoms with E-state index in [0.29, 0.717) is 25.6 Å². The first-order valence-electron chi connectivity index (χ1n) is 6.84. The fourth-order valence-corrected chi connectivity index (χ4v) is 1.60. The summed E-state index contributed by atoms with van der Waals surface area (Å²) in [6, 6.07) is 0. The highest BCUT2D eigenvalue weighted by molar-refractivity contribution is 5.61. The summed E-state index contributed by atoms with van der Waals surface area (Å²) >= 11 is 0. The van der Waals surface area contributed by atoms with Gasteiger partial charge in [0.05, 0.1) is 11.5 Å². The lowest BCUT2D eigenvalue weighted by Gasteiger charge is -2.11. The largest absolute Gasteiger partial charge is 0.472 e. The van der Waals surface area contributed by atoms with Gasteiger partial charge < -0.3 is 14.8 Å². The zero-order valence-electron chi connectivity index (χ0n) is 12.9. The number of aryl methyl sites for hydroxylation is 1. The maximum absolute atomic E-state index is 11.3. The molecule has 1 aromatic heterocycles. The van der Waals surface area contributed by atoms with Crippen molar-refractivity contribution in [1.29, 1.82) is 0 Å². The Morgan fingerprint density at radius 1 is 1.38 bits per heavy atom. The van der Waals surface area contributed by atoms with Crippen molar-refractivity contribution in [1.82, 2.24) is 9.97 Å². The van der Waals surface area contributed by atoms with Crippen LogP contribution >= 0.6 is 0 Å². The van der Waals surface area contributed by atoms with Gasteiger partial charge in [0.2, 0.25) is 5.82 Å². The molecule has 118 valence electrons. The summed E-state index contributed by atoms with van der Waals surface area (Å²) in [7, 11) is 1.61. The van der Waals surface area contributed by atoms with Crippen LogP contribution in [0.5, 0.6) is 5.88 Å². The highest BCUT2D eigenvalue weighted by Gasteiger charge is 2.25. The standard InChI is InChI=1S/C13H22N4O4/c1-9(2)8-21-13-11(17(18)19)12(15-10(3)16-13)14-6-5-7-20-4/h9H,5-8H2,1-4H3,(H,14,15,16). The molecule has 0 saturated heterocycles. The van der Waals surface area contributed by atoms with Gasteiger partial charge in [-0.25, -0.2) is 4.98 Å². The Balaban J connectivity index is 2.96. The van der Waals surface area contributed by atoms with Crippen molar-refractivity contribution in [3.8, 4) is 5.88 Å². The Morgan fingerprint density at radius 3 is 2.67 bits per heavy atom. The van der Waals surface area contributed by atoms with E-state index in [9.17, 15) is 10.1 Å². The lowest BCUT2D eigenvalue weighted by Crippen LogP contribution is -2.13. The SMILES string of the molecule is COCCCNc1nc(C)nc(OCC(C)C)c1[N+](=O)[O-]. The van der Waals surface area contributed by atoms with Crippen LogP contribution in [0.25, 0.3) is 0 Å². The molecular formula is C13H22N4O4. The maximum atomic E-state index is 11.3. The minimum atomic E-state index is -0.520. The average molecular weight is 298 g/mol. The first kappa shape index (κ1) is 17.1. The van der Waals surface area contributed by atoms with Crippen LogP contribution in [0.15, 0.2) is 0 Å². The van der Waals surface area contributed by atoms with E-state index in [1.807, 2.05) is 13.8 Å². The second kappa shape index (κ2) is 8.35. The topological polar surface area (TPSA) is 99.4 Å². The maximum Gasteiger partial charge on any atom is 0.372 e. The minimum absolute atomic E-state index is 0.00967. The first-order valence-corrected chi connectivity index (χ1v) is 6.84. The molecule has 0 aliphatic carbocycles. The summed E-state index contributed by atoms with van der Waals surface area (Å²) in [6.45, 7) is 7.05. The van der Waals surface area contributed by atoms with Gasteiger partial charge in [-0.1, -0.05) is 13.8 Å². The number of ether oxygens (including phenoxy) is 2. The number of nitrogens with one attached hydrogen (secondary N) is 1. The van der Waals surface area contributed by atoms with E-state index in [1.54, 1.807) is 14.0 Å². The summed E-state index contributed by atoms with van der Waals surface area (Å²) in [6.07, 6.45) is 0.721. The molecule has 8 nitrogen and oxygen atoms in total. The predicted octanol–water partition coefficient (Wildman–Crippen LogP) is 2.18. The lowest BCUT2D eigenvalue weighted by atomic mass is 10.2. The van der Waals surface area contributed by atoms with Crippen LogP contribution in [-0.4, -0.2) is 41.8 Å². The molecule has 0 amide bonds. The van der Waals surface area contributed by atoms with E-state index in [1.165, 1.54) is 0 Å². The van der Waals surface area contributed by atoms with Crippen molar-refractivity contribution in [2.45, 2.75) is 27.2 Å². The molecule has 0 fully saturated rings. The number of hydrogen-bond acceptors (Lipinski definition) is 7. The van der Waals surface area contributed by atoms with Crippen LogP contribution in [-0.2, 0) is 4.74 Å². The summed E-state index contributed by atoms with van der Waals surface area (Å²) in [5.74, 6) is 0.865. The van der Waals surface area contributed by atoms with Crippen LogP contribution in [0.2, 0.25) is 0 Å². The van der Waals surface area contributed by atoms with E-state index in [-0.39, 0.29) is 23.3 Å². The Bertz CT molecular complexity index is 479. The zero-order chi connectivity index (χ0) is 15.8. The van der Waals surface area contributed by atoms with E-state index >= 15 is 0 Å². The third-order valence-corrected chi connectivity index (χ3v) is 2.52. The predicted molar refractivity (Wildman–Crippen MR) is 78.7 cm³/mol. The number of methoxy groups -OCH3 is 1. The van der Waals surface area contributed by atoms with Gasteiger partial charge in [0, 0.05) is 20.3 Å². The molecule has 0 unspecified atom stereocenters. The van der Waals surface area contributed by atoms with Crippen molar-refractivity contribution in [2.75, 3.05) is 32.2 Å². The van der Waals surface area contributed by atoms with Crippen LogP contribution in [0.4, 0.5) is 11.5 Å². The van der Waals surface area contributed by atoms with Gasteiger partial charge in [-0.3, -0.25) is 10.1 Å². The Kier molecular flexibility index (Phi) is 6.80. The highest BCUT2D eigenvalue weighted by atomic mass is 16.6. The highest BCUT2D eigenvalue weighted by Crippen LogP contribution is 2.32. The normalized spacial score (nSPS) is 10.7. The van der Waals surface area contributed by atoms with Gasteiger partial charge >= 0.3 is 5.69 Å². The molecule has 0 aliphatic heterocycles. The minimum Gasteiger partial charge on any atom is -0.472 e. The van der Waals surface area contributed by atoms with E-state index in [0.717, 1.165) is 6.42 Å². The Labute approximate surface area is 124 Å². The number of rotatable bonds is 9. The van der Waals surface area contributed by atoms with Gasteiger partial charge in [-0.05, 0) is 19.3 Å². The summed E-state index contributed by atoms with van der Waals surface area (Å²) in [4.78, 5) is 18.9. The van der Waals surface area contributed by atoms with E-state index < -0.39 is 4.92 Å². The molecular weight excluding hydrogens is 276 g/mol. The van der Waals surface area contributed by atoms with Crippen molar-refractivity contribution in [2.24, 2.45) is 5.92 Å². The number of anilines is 1. The Hall–Kier alpha value is -1.96. The Morgan fingerprint density at radius 2 is 2.10 bits per heavy atom. The molecule has 0 bridgehead atoms. The van der Waals surface area contributed by atoms with Crippen molar-refractivity contribution >= 4 is 11.5 Å². The molecule has 1 N–H and O–H groups in total. The molecule has 0 saturated carbocycles. The molecule has 21 heavy (non-hydrogen) atoms. The summed E-state index contributed by atoms with van der Waals surface area (Å²) in [5, 5.41) is 14.2. The van der Waals surface area contributed by atoms with Crippen LogP contribution in [0.3, 0.4) is 0 Å². The van der Waals surface area contributed by atoms with Gasteiger partial charge in [-0.15, -0.1) is 0 Å². The second-order valence-electron chi connectivity index (χ2n) is 5.01. The van der Waals surface area contributed by atoms with Crippen LogP contribution in [0, 0.1) is 23.0 Å². The molecule has 1 rings (SSSR count). The number of nitrogens with zero attached hydrogens (tertiary/aromatic N) is 3. The van der Waals surface area contributed by atoms with Gasteiger partial charge in [0.25, 0.3) is 5.88 Å². The molecule has 1 aromatic rings. The number of nitro groups is 1. The number of hydrogen-bond donors (Lipinski definition) is 1. The average Bonchev–Trinajstić information content (AvgIpc) is 2.40. The zero-order valence-corrected chi connectivity index (χ0v) is 12.9. The monoisotopic (exact) mass is 298 g/mol.